The van der Waals surface area contributed by atoms with Gasteiger partial charge in [-0.2, -0.15) is 4.39 Å². The predicted molar refractivity (Wildman–Crippen MR) is 79.5 cm³/mol. The van der Waals surface area contributed by atoms with Gasteiger partial charge in [-0.15, -0.1) is 0 Å². The van der Waals surface area contributed by atoms with E-state index in [2.05, 4.69) is 21.2 Å². The van der Waals surface area contributed by atoms with E-state index in [1.165, 1.54) is 6.07 Å². The van der Waals surface area contributed by atoms with Crippen molar-refractivity contribution >= 4 is 38.9 Å². The SMILES string of the molecule is O=[N+]([O-])c1cc(NCc2ccc(Br)c(Cl)c2)ccc1F. The van der Waals surface area contributed by atoms with E-state index in [1.807, 2.05) is 12.1 Å². The van der Waals surface area contributed by atoms with Crippen LogP contribution in [0.4, 0.5) is 15.8 Å². The second-order valence-electron chi connectivity index (χ2n) is 4.03. The highest BCUT2D eigenvalue weighted by Gasteiger charge is 2.14. The van der Waals surface area contributed by atoms with E-state index in [9.17, 15) is 14.5 Å². The Morgan fingerprint density at radius 2 is 2.05 bits per heavy atom. The van der Waals surface area contributed by atoms with Gasteiger partial charge in [0.1, 0.15) is 0 Å². The third kappa shape index (κ3) is 3.46. The number of anilines is 1. The number of rotatable bonds is 4. The second-order valence-corrected chi connectivity index (χ2v) is 5.29. The van der Waals surface area contributed by atoms with Crippen molar-refractivity contribution in [2.24, 2.45) is 0 Å². The summed E-state index contributed by atoms with van der Waals surface area (Å²) < 4.78 is 14.0. The number of benzene rings is 2. The van der Waals surface area contributed by atoms with Crippen molar-refractivity contribution in [3.63, 3.8) is 0 Å². The van der Waals surface area contributed by atoms with E-state index < -0.39 is 16.4 Å². The molecule has 0 unspecified atom stereocenters. The Bertz CT molecular complexity index is 667. The number of hydrogen-bond donors (Lipinski definition) is 1. The van der Waals surface area contributed by atoms with Crippen molar-refractivity contribution in [3.8, 4) is 0 Å². The molecule has 0 saturated carbocycles. The highest BCUT2D eigenvalue weighted by molar-refractivity contribution is 9.10. The minimum absolute atomic E-state index is 0.426. The molecule has 2 aromatic carbocycles. The first kappa shape index (κ1) is 14.7. The summed E-state index contributed by atoms with van der Waals surface area (Å²) in [6.45, 7) is 0.426. The lowest BCUT2D eigenvalue weighted by Crippen LogP contribution is -2.01. The summed E-state index contributed by atoms with van der Waals surface area (Å²) in [6, 6.07) is 9.12. The number of nitro benzene ring substituents is 1. The molecule has 2 rings (SSSR count). The fourth-order valence-electron chi connectivity index (χ4n) is 1.62. The zero-order chi connectivity index (χ0) is 14.7. The average molecular weight is 360 g/mol. The van der Waals surface area contributed by atoms with Crippen LogP contribution in [0, 0.1) is 15.9 Å². The molecule has 1 N–H and O–H groups in total. The summed E-state index contributed by atoms with van der Waals surface area (Å²) in [5.41, 5.74) is 0.825. The van der Waals surface area contributed by atoms with Crippen molar-refractivity contribution in [1.29, 1.82) is 0 Å². The van der Waals surface area contributed by atoms with Crippen molar-refractivity contribution in [3.05, 3.63) is 67.4 Å². The summed E-state index contributed by atoms with van der Waals surface area (Å²) in [5.74, 6) is -0.854. The summed E-state index contributed by atoms with van der Waals surface area (Å²) in [7, 11) is 0. The van der Waals surface area contributed by atoms with E-state index >= 15 is 0 Å². The van der Waals surface area contributed by atoms with Gasteiger partial charge in [-0.1, -0.05) is 17.7 Å². The molecule has 0 amide bonds. The summed E-state index contributed by atoms with van der Waals surface area (Å²) >= 11 is 9.26. The normalized spacial score (nSPS) is 10.3. The highest BCUT2D eigenvalue weighted by atomic mass is 79.9. The number of nitrogens with one attached hydrogen (secondary N) is 1. The number of nitro groups is 1. The van der Waals surface area contributed by atoms with E-state index in [0.29, 0.717) is 17.3 Å². The minimum Gasteiger partial charge on any atom is -0.381 e. The maximum absolute atomic E-state index is 13.2. The molecule has 0 spiro atoms. The maximum Gasteiger partial charge on any atom is 0.306 e. The Labute approximate surface area is 127 Å². The Kier molecular flexibility index (Phi) is 4.57. The monoisotopic (exact) mass is 358 g/mol. The van der Waals surface area contributed by atoms with Crippen LogP contribution in [0.2, 0.25) is 5.02 Å². The Hall–Kier alpha value is -1.66. The third-order valence-corrected chi connectivity index (χ3v) is 3.86. The van der Waals surface area contributed by atoms with Crippen LogP contribution in [-0.2, 0) is 6.54 Å². The van der Waals surface area contributed by atoms with Crippen LogP contribution < -0.4 is 5.32 Å². The lowest BCUT2D eigenvalue weighted by molar-refractivity contribution is -0.387. The fourth-order valence-corrected chi connectivity index (χ4v) is 2.07. The molecule has 0 fully saturated rings. The molecule has 0 aromatic heterocycles. The van der Waals surface area contributed by atoms with Crippen LogP contribution in [0.1, 0.15) is 5.56 Å². The third-order valence-electron chi connectivity index (χ3n) is 2.62. The molecule has 0 bridgehead atoms. The molecule has 0 aliphatic rings. The number of hydrogen-bond acceptors (Lipinski definition) is 3. The average Bonchev–Trinajstić information content (AvgIpc) is 2.41. The van der Waals surface area contributed by atoms with E-state index in [4.69, 9.17) is 11.6 Å². The molecule has 4 nitrogen and oxygen atoms in total. The van der Waals surface area contributed by atoms with Crippen molar-refractivity contribution in [1.82, 2.24) is 0 Å². The van der Waals surface area contributed by atoms with Crippen LogP contribution in [-0.4, -0.2) is 4.92 Å². The zero-order valence-corrected chi connectivity index (χ0v) is 12.4. The van der Waals surface area contributed by atoms with Crippen molar-refractivity contribution in [2.75, 3.05) is 5.32 Å². The largest absolute Gasteiger partial charge is 0.381 e. The van der Waals surface area contributed by atoms with Crippen molar-refractivity contribution in [2.45, 2.75) is 6.54 Å². The van der Waals surface area contributed by atoms with Crippen LogP contribution in [0.15, 0.2) is 40.9 Å². The van der Waals surface area contributed by atoms with E-state index in [0.717, 1.165) is 22.2 Å². The van der Waals surface area contributed by atoms with Gasteiger partial charge in [-0.3, -0.25) is 10.1 Å². The quantitative estimate of drug-likeness (QED) is 0.632. The van der Waals surface area contributed by atoms with E-state index in [1.54, 1.807) is 6.07 Å². The lowest BCUT2D eigenvalue weighted by Gasteiger charge is -2.07. The van der Waals surface area contributed by atoms with Gasteiger partial charge in [0.05, 0.1) is 9.95 Å². The van der Waals surface area contributed by atoms with Gasteiger partial charge in [-0.25, -0.2) is 0 Å². The van der Waals surface area contributed by atoms with Gasteiger partial charge in [0.25, 0.3) is 0 Å². The highest BCUT2D eigenvalue weighted by Crippen LogP contribution is 2.25. The van der Waals surface area contributed by atoms with Crippen molar-refractivity contribution < 1.29 is 9.31 Å². The van der Waals surface area contributed by atoms with Crippen LogP contribution >= 0.6 is 27.5 Å². The Morgan fingerprint density at radius 3 is 2.70 bits per heavy atom. The molecule has 7 heteroatoms. The molecule has 20 heavy (non-hydrogen) atoms. The maximum atomic E-state index is 13.2. The summed E-state index contributed by atoms with van der Waals surface area (Å²) in [6.07, 6.45) is 0. The van der Waals surface area contributed by atoms with Gasteiger partial charge in [-0.05, 0) is 45.8 Å². The zero-order valence-electron chi connectivity index (χ0n) is 10.1. The van der Waals surface area contributed by atoms with Gasteiger partial charge in [0.15, 0.2) is 0 Å². The topological polar surface area (TPSA) is 55.2 Å². The second kappa shape index (κ2) is 6.19. The standard InChI is InChI=1S/C13H9BrClFN2O2/c14-10-3-1-8(5-11(10)15)7-17-9-2-4-12(16)13(6-9)18(19)20/h1-6,17H,7H2. The molecule has 104 valence electrons. The van der Waals surface area contributed by atoms with Crippen LogP contribution in [0.5, 0.6) is 0 Å². The van der Waals surface area contributed by atoms with Crippen LogP contribution in [0.25, 0.3) is 0 Å². The molecular formula is C13H9BrClFN2O2. The molecule has 0 atom stereocenters. The molecule has 2 aromatic rings. The molecule has 0 saturated heterocycles. The van der Waals surface area contributed by atoms with Gasteiger partial charge in [0.2, 0.25) is 5.82 Å². The first-order valence-electron chi connectivity index (χ1n) is 5.59. The molecular weight excluding hydrogens is 351 g/mol. The van der Waals surface area contributed by atoms with Gasteiger partial charge < -0.3 is 5.32 Å². The summed E-state index contributed by atoms with van der Waals surface area (Å²) in [4.78, 5) is 9.89. The van der Waals surface area contributed by atoms with Gasteiger partial charge >= 0.3 is 5.69 Å². The minimum atomic E-state index is -0.854. The predicted octanol–water partition coefficient (Wildman–Crippen LogP) is 4.76. The number of halogens is 3. The lowest BCUT2D eigenvalue weighted by atomic mass is 10.2. The Balaban J connectivity index is 2.12. The summed E-state index contributed by atoms with van der Waals surface area (Å²) in [5, 5.41) is 14.2. The Morgan fingerprint density at radius 1 is 1.30 bits per heavy atom. The van der Waals surface area contributed by atoms with E-state index in [-0.39, 0.29) is 0 Å². The van der Waals surface area contributed by atoms with Gasteiger partial charge in [0, 0.05) is 22.8 Å². The first-order valence-corrected chi connectivity index (χ1v) is 6.76. The molecule has 0 radical (unpaired) electrons. The molecule has 0 aliphatic heterocycles. The fraction of sp³-hybridized carbons (Fsp3) is 0.0769. The smallest absolute Gasteiger partial charge is 0.306 e. The molecule has 0 heterocycles. The molecule has 0 aliphatic carbocycles. The van der Waals surface area contributed by atoms with Crippen LogP contribution in [0.3, 0.4) is 0 Å². The number of nitrogens with zero attached hydrogens (tertiary/aromatic N) is 1. The first-order chi connectivity index (χ1) is 9.47.